The van der Waals surface area contributed by atoms with Gasteiger partial charge in [0.15, 0.2) is 5.83 Å². The number of hydrogen-bond donors (Lipinski definition) is 2. The molecule has 0 amide bonds. The highest BCUT2D eigenvalue weighted by Gasteiger charge is 2.28. The first-order chi connectivity index (χ1) is 10.3. The number of aromatic nitrogens is 2. The largest absolute Gasteiger partial charge is 0.480 e. The van der Waals surface area contributed by atoms with Crippen LogP contribution in [0.25, 0.3) is 11.9 Å². The van der Waals surface area contributed by atoms with Crippen molar-refractivity contribution in [1.29, 1.82) is 0 Å². The second-order valence-electron chi connectivity index (χ2n) is 5.42. The van der Waals surface area contributed by atoms with Crippen molar-refractivity contribution < 1.29 is 14.3 Å². The first kappa shape index (κ1) is 16.3. The number of aryl methyl sites for hydroxylation is 1. The lowest BCUT2D eigenvalue weighted by Gasteiger charge is -2.18. The number of hydrogen-bond acceptors (Lipinski definition) is 3. The lowest BCUT2D eigenvalue weighted by molar-refractivity contribution is -0.138. The lowest BCUT2D eigenvalue weighted by Crippen LogP contribution is -2.26. The number of aliphatic carboxylic acids is 1. The molecule has 1 heterocycles. The normalized spacial score (nSPS) is 12.5. The van der Waals surface area contributed by atoms with Gasteiger partial charge in [-0.2, -0.15) is 5.10 Å². The van der Waals surface area contributed by atoms with Gasteiger partial charge in [0, 0.05) is 10.6 Å². The first-order valence-corrected chi connectivity index (χ1v) is 7.51. The average molecular weight is 320 g/mol. The van der Waals surface area contributed by atoms with Crippen LogP contribution in [-0.4, -0.2) is 26.0 Å². The van der Waals surface area contributed by atoms with E-state index >= 15 is 0 Å². The van der Waals surface area contributed by atoms with E-state index in [1.165, 1.54) is 17.8 Å². The maximum absolute atomic E-state index is 14.0. The van der Waals surface area contributed by atoms with E-state index in [9.17, 15) is 9.18 Å². The molecule has 2 rings (SSSR count). The molecule has 0 fully saturated rings. The van der Waals surface area contributed by atoms with Gasteiger partial charge in [0.25, 0.3) is 0 Å². The molecule has 0 unspecified atom stereocenters. The van der Waals surface area contributed by atoms with Gasteiger partial charge in [0.2, 0.25) is 0 Å². The van der Waals surface area contributed by atoms with Gasteiger partial charge in [-0.15, -0.1) is 11.8 Å². The molecule has 0 aliphatic rings. The summed E-state index contributed by atoms with van der Waals surface area (Å²) < 4.78 is 13.1. The molecular formula is C16H17FN2O2S. The van der Waals surface area contributed by atoms with Crippen molar-refractivity contribution in [2.45, 2.75) is 30.4 Å². The van der Waals surface area contributed by atoms with E-state index in [2.05, 4.69) is 10.2 Å². The van der Waals surface area contributed by atoms with Crippen LogP contribution in [0.4, 0.5) is 4.39 Å². The Morgan fingerprint density at radius 1 is 1.36 bits per heavy atom. The Hall–Kier alpha value is -2.08. The van der Waals surface area contributed by atoms with Crippen LogP contribution in [-0.2, 0) is 4.79 Å². The molecule has 2 N–H and O–H groups in total. The predicted octanol–water partition coefficient (Wildman–Crippen LogP) is 4.14. The molecule has 1 aromatic carbocycles. The van der Waals surface area contributed by atoms with Gasteiger partial charge in [-0.1, -0.05) is 12.1 Å². The number of carbonyl (C=O) groups is 1. The highest BCUT2D eigenvalue weighted by atomic mass is 32.2. The number of thioether (sulfide) groups is 1. The van der Waals surface area contributed by atoms with Gasteiger partial charge in [-0.05, 0) is 50.6 Å². The minimum absolute atomic E-state index is 0.267. The summed E-state index contributed by atoms with van der Waals surface area (Å²) >= 11 is 1.25. The van der Waals surface area contributed by atoms with Gasteiger partial charge in [0.1, 0.15) is 10.4 Å². The third-order valence-corrected chi connectivity index (χ3v) is 4.20. The summed E-state index contributed by atoms with van der Waals surface area (Å²) in [6.07, 6.45) is 1.40. The molecule has 0 saturated carbocycles. The third-order valence-electron chi connectivity index (χ3n) is 3.01. The van der Waals surface area contributed by atoms with E-state index in [1.54, 1.807) is 51.1 Å². The Labute approximate surface area is 132 Å². The van der Waals surface area contributed by atoms with Crippen LogP contribution in [0.5, 0.6) is 0 Å². The summed E-state index contributed by atoms with van der Waals surface area (Å²) in [6, 6.07) is 8.69. The van der Waals surface area contributed by atoms with Crippen LogP contribution in [0.2, 0.25) is 0 Å². The number of nitrogens with one attached hydrogen (secondary N) is 1. The monoisotopic (exact) mass is 320 g/mol. The SMILES string of the molecule is Cc1cc(/C(F)=C/c2ccc(SC(C)(C)C(=O)O)cc2)n[nH]1. The van der Waals surface area contributed by atoms with E-state index in [0.717, 1.165) is 10.6 Å². The van der Waals surface area contributed by atoms with Crippen molar-refractivity contribution >= 4 is 29.6 Å². The summed E-state index contributed by atoms with van der Waals surface area (Å²) in [5, 5.41) is 15.7. The molecule has 2 aromatic rings. The number of carboxylic acid groups (broad SMARTS) is 1. The maximum atomic E-state index is 14.0. The zero-order chi connectivity index (χ0) is 16.3. The molecule has 22 heavy (non-hydrogen) atoms. The van der Waals surface area contributed by atoms with Crippen LogP contribution in [0.15, 0.2) is 35.2 Å². The summed E-state index contributed by atoms with van der Waals surface area (Å²) in [5.74, 6) is -1.29. The van der Waals surface area contributed by atoms with Crippen LogP contribution in [0.1, 0.15) is 30.8 Å². The van der Waals surface area contributed by atoms with Crippen molar-refractivity contribution in [3.8, 4) is 0 Å². The number of carboxylic acids is 1. The zero-order valence-corrected chi connectivity index (χ0v) is 13.4. The zero-order valence-electron chi connectivity index (χ0n) is 12.6. The van der Waals surface area contributed by atoms with Crippen molar-refractivity contribution in [3.63, 3.8) is 0 Å². The highest BCUT2D eigenvalue weighted by molar-refractivity contribution is 8.01. The summed E-state index contributed by atoms with van der Waals surface area (Å²) in [4.78, 5) is 11.9. The van der Waals surface area contributed by atoms with Crippen LogP contribution < -0.4 is 0 Å². The van der Waals surface area contributed by atoms with Gasteiger partial charge in [0.05, 0.1) is 0 Å². The minimum Gasteiger partial charge on any atom is -0.480 e. The van der Waals surface area contributed by atoms with Crippen LogP contribution in [0.3, 0.4) is 0 Å². The van der Waals surface area contributed by atoms with Crippen molar-refractivity contribution in [1.82, 2.24) is 10.2 Å². The highest BCUT2D eigenvalue weighted by Crippen LogP contribution is 2.33. The van der Waals surface area contributed by atoms with Crippen molar-refractivity contribution in [3.05, 3.63) is 47.3 Å². The second-order valence-corrected chi connectivity index (χ2v) is 7.11. The molecule has 116 valence electrons. The molecular weight excluding hydrogens is 303 g/mol. The first-order valence-electron chi connectivity index (χ1n) is 6.70. The Kier molecular flexibility index (Phi) is 4.71. The number of aromatic amines is 1. The van der Waals surface area contributed by atoms with Gasteiger partial charge < -0.3 is 5.11 Å². The van der Waals surface area contributed by atoms with E-state index in [4.69, 9.17) is 5.11 Å². The van der Waals surface area contributed by atoms with E-state index in [0.29, 0.717) is 5.56 Å². The van der Waals surface area contributed by atoms with Gasteiger partial charge in [-0.25, -0.2) is 4.39 Å². The molecule has 0 radical (unpaired) electrons. The summed E-state index contributed by atoms with van der Waals surface area (Å²) in [7, 11) is 0. The molecule has 0 spiro atoms. The smallest absolute Gasteiger partial charge is 0.319 e. The average Bonchev–Trinajstić information content (AvgIpc) is 2.87. The molecule has 1 aromatic heterocycles. The fourth-order valence-corrected chi connectivity index (χ4v) is 2.68. The molecule has 0 aliphatic carbocycles. The van der Waals surface area contributed by atoms with Crippen LogP contribution >= 0.6 is 11.8 Å². The molecule has 0 aliphatic heterocycles. The maximum Gasteiger partial charge on any atom is 0.319 e. The van der Waals surface area contributed by atoms with Crippen LogP contribution in [0, 0.1) is 6.92 Å². The van der Waals surface area contributed by atoms with E-state index in [-0.39, 0.29) is 5.69 Å². The second kappa shape index (κ2) is 6.36. The number of rotatable bonds is 5. The lowest BCUT2D eigenvalue weighted by atomic mass is 10.2. The van der Waals surface area contributed by atoms with Crippen molar-refractivity contribution in [2.24, 2.45) is 0 Å². The standard InChI is InChI=1S/C16H17FN2O2S/c1-10-8-14(19-18-10)13(17)9-11-4-6-12(7-5-11)22-16(2,3)15(20)21/h4-9H,1-3H3,(H,18,19)(H,20,21)/b13-9-. The molecule has 0 atom stereocenters. The fraction of sp³-hybridized carbons (Fsp3) is 0.250. The van der Waals surface area contributed by atoms with E-state index < -0.39 is 16.5 Å². The minimum atomic E-state index is -0.908. The van der Waals surface area contributed by atoms with Gasteiger partial charge >= 0.3 is 5.97 Å². The Morgan fingerprint density at radius 3 is 2.50 bits per heavy atom. The number of benzene rings is 1. The van der Waals surface area contributed by atoms with Crippen molar-refractivity contribution in [2.75, 3.05) is 0 Å². The predicted molar refractivity (Wildman–Crippen MR) is 86.3 cm³/mol. The Morgan fingerprint density at radius 2 is 2.00 bits per heavy atom. The molecule has 0 bridgehead atoms. The Balaban J connectivity index is 2.14. The Bertz CT molecular complexity index is 705. The molecule has 6 heteroatoms. The summed E-state index contributed by atoms with van der Waals surface area (Å²) in [5.41, 5.74) is 1.75. The number of H-pyrrole nitrogens is 1. The number of halogens is 1. The molecule has 4 nitrogen and oxygen atoms in total. The van der Waals surface area contributed by atoms with Gasteiger partial charge in [-0.3, -0.25) is 9.89 Å². The van der Waals surface area contributed by atoms with E-state index in [1.807, 2.05) is 0 Å². The quantitative estimate of drug-likeness (QED) is 0.813. The number of nitrogens with zero attached hydrogens (tertiary/aromatic N) is 1. The topological polar surface area (TPSA) is 66.0 Å². The fourth-order valence-electron chi connectivity index (χ4n) is 1.73. The molecule has 0 saturated heterocycles. The third kappa shape index (κ3) is 3.98. The summed E-state index contributed by atoms with van der Waals surface area (Å²) in [6.45, 7) is 5.10.